The second-order valence-corrected chi connectivity index (χ2v) is 5.94. The molecule has 1 aliphatic heterocycles. The first kappa shape index (κ1) is 15.1. The Labute approximate surface area is 112 Å². The van der Waals surface area contributed by atoms with Crippen LogP contribution in [0.3, 0.4) is 0 Å². The van der Waals surface area contributed by atoms with Gasteiger partial charge in [-0.1, -0.05) is 0 Å². The third-order valence-electron chi connectivity index (χ3n) is 4.30. The molecule has 19 heavy (non-hydrogen) atoms. The minimum atomic E-state index is -4.05. The van der Waals surface area contributed by atoms with Crippen LogP contribution in [0.4, 0.5) is 13.2 Å². The summed E-state index contributed by atoms with van der Waals surface area (Å²) in [6.07, 6.45) is -0.210. The van der Waals surface area contributed by atoms with E-state index in [1.165, 1.54) is 0 Å². The van der Waals surface area contributed by atoms with Crippen molar-refractivity contribution in [3.63, 3.8) is 0 Å². The summed E-state index contributed by atoms with van der Waals surface area (Å²) in [6, 6.07) is 0.340. The number of alkyl halides is 3. The molecule has 0 unspecified atom stereocenters. The van der Waals surface area contributed by atoms with E-state index >= 15 is 0 Å². The number of piperidine rings is 1. The third-order valence-corrected chi connectivity index (χ3v) is 4.30. The van der Waals surface area contributed by atoms with E-state index in [0.29, 0.717) is 25.7 Å². The number of likely N-dealkylation sites (tertiary alicyclic amines) is 1. The van der Waals surface area contributed by atoms with E-state index in [9.17, 15) is 18.3 Å². The lowest BCUT2D eigenvalue weighted by Crippen LogP contribution is -2.51. The second-order valence-electron chi connectivity index (χ2n) is 5.94. The van der Waals surface area contributed by atoms with Gasteiger partial charge in [-0.05, 0) is 45.2 Å². The highest BCUT2D eigenvalue weighted by molar-refractivity contribution is 4.91. The first-order chi connectivity index (χ1) is 8.86. The van der Waals surface area contributed by atoms with Gasteiger partial charge in [0.2, 0.25) is 0 Å². The molecule has 2 fully saturated rings. The highest BCUT2D eigenvalue weighted by atomic mass is 19.4. The van der Waals surface area contributed by atoms with Gasteiger partial charge in [-0.25, -0.2) is 0 Å². The predicted octanol–water partition coefficient (Wildman–Crippen LogP) is 1.91. The van der Waals surface area contributed by atoms with Crippen molar-refractivity contribution < 1.29 is 18.3 Å². The molecule has 112 valence electrons. The zero-order chi connectivity index (χ0) is 13.9. The molecule has 2 N–H and O–H groups in total. The molecular formula is C13H23F3N2O. The van der Waals surface area contributed by atoms with Crippen molar-refractivity contribution in [1.82, 2.24) is 10.2 Å². The Hall–Kier alpha value is -0.330. The average Bonchev–Trinajstić information content (AvgIpc) is 2.32. The van der Waals surface area contributed by atoms with Crippen LogP contribution in [0.25, 0.3) is 0 Å². The van der Waals surface area contributed by atoms with Crippen LogP contribution in [-0.2, 0) is 0 Å². The molecule has 1 saturated heterocycles. The molecule has 0 aromatic heterocycles. The number of rotatable bonds is 5. The zero-order valence-corrected chi connectivity index (χ0v) is 11.2. The molecule has 1 heterocycles. The van der Waals surface area contributed by atoms with Crippen LogP contribution in [0.2, 0.25) is 0 Å². The van der Waals surface area contributed by atoms with Gasteiger partial charge in [0.25, 0.3) is 0 Å². The highest BCUT2D eigenvalue weighted by Crippen LogP contribution is 2.31. The fourth-order valence-electron chi connectivity index (χ4n) is 2.74. The van der Waals surface area contributed by atoms with E-state index in [1.54, 1.807) is 0 Å². The minimum absolute atomic E-state index is 0.111. The van der Waals surface area contributed by atoms with E-state index in [1.807, 2.05) is 4.90 Å². The molecule has 0 atom stereocenters. The summed E-state index contributed by atoms with van der Waals surface area (Å²) in [5.74, 6) is 0. The molecule has 2 rings (SSSR count). The summed E-state index contributed by atoms with van der Waals surface area (Å²) in [5, 5.41) is 13.3. The van der Waals surface area contributed by atoms with Gasteiger partial charge in [0, 0.05) is 19.1 Å². The van der Waals surface area contributed by atoms with Crippen LogP contribution in [-0.4, -0.2) is 54.0 Å². The molecule has 0 bridgehead atoms. The standard InChI is InChI=1S/C13H23F3N2O/c14-13(15,16)6-9-18-7-2-11(3-8-18)17-10-12(19)4-1-5-12/h11,17,19H,1-10H2. The molecule has 3 nitrogen and oxygen atoms in total. The van der Waals surface area contributed by atoms with Gasteiger partial charge < -0.3 is 15.3 Å². The van der Waals surface area contributed by atoms with E-state index in [2.05, 4.69) is 5.32 Å². The van der Waals surface area contributed by atoms with Crippen molar-refractivity contribution in [2.75, 3.05) is 26.2 Å². The second kappa shape index (κ2) is 5.97. The Morgan fingerprint density at radius 3 is 2.32 bits per heavy atom. The van der Waals surface area contributed by atoms with Crippen LogP contribution in [0.5, 0.6) is 0 Å². The summed E-state index contributed by atoms with van der Waals surface area (Å²) >= 11 is 0. The van der Waals surface area contributed by atoms with Gasteiger partial charge in [-0.3, -0.25) is 0 Å². The van der Waals surface area contributed by atoms with Gasteiger partial charge in [0.1, 0.15) is 0 Å². The lowest BCUT2D eigenvalue weighted by atomic mass is 9.80. The number of nitrogens with one attached hydrogen (secondary N) is 1. The van der Waals surface area contributed by atoms with E-state index < -0.39 is 18.2 Å². The Kier molecular flexibility index (Phi) is 4.74. The van der Waals surface area contributed by atoms with Gasteiger partial charge in [-0.15, -0.1) is 0 Å². The van der Waals surface area contributed by atoms with Crippen molar-refractivity contribution in [3.05, 3.63) is 0 Å². The van der Waals surface area contributed by atoms with Gasteiger partial charge in [0.15, 0.2) is 0 Å². The first-order valence-electron chi connectivity index (χ1n) is 7.11. The number of hydrogen-bond donors (Lipinski definition) is 2. The largest absolute Gasteiger partial charge is 0.390 e. The van der Waals surface area contributed by atoms with Crippen molar-refractivity contribution >= 4 is 0 Å². The molecular weight excluding hydrogens is 257 g/mol. The molecule has 0 amide bonds. The predicted molar refractivity (Wildman–Crippen MR) is 66.9 cm³/mol. The lowest BCUT2D eigenvalue weighted by molar-refractivity contribution is -0.138. The maximum atomic E-state index is 12.1. The topological polar surface area (TPSA) is 35.5 Å². The van der Waals surface area contributed by atoms with Gasteiger partial charge in [0.05, 0.1) is 12.0 Å². The highest BCUT2D eigenvalue weighted by Gasteiger charge is 2.35. The smallest absolute Gasteiger partial charge is 0.389 e. The normalized spacial score (nSPS) is 25.3. The summed E-state index contributed by atoms with van der Waals surface area (Å²) < 4.78 is 36.4. The van der Waals surface area contributed by atoms with Crippen molar-refractivity contribution in [2.24, 2.45) is 0 Å². The van der Waals surface area contributed by atoms with Crippen molar-refractivity contribution in [1.29, 1.82) is 0 Å². The van der Waals surface area contributed by atoms with Crippen LogP contribution < -0.4 is 5.32 Å². The molecule has 0 aromatic rings. The summed E-state index contributed by atoms with van der Waals surface area (Å²) in [7, 11) is 0. The van der Waals surface area contributed by atoms with Crippen molar-refractivity contribution in [3.8, 4) is 0 Å². The fraction of sp³-hybridized carbons (Fsp3) is 1.00. The zero-order valence-electron chi connectivity index (χ0n) is 11.2. The summed E-state index contributed by atoms with van der Waals surface area (Å²) in [4.78, 5) is 1.88. The molecule has 6 heteroatoms. The van der Waals surface area contributed by atoms with Crippen molar-refractivity contribution in [2.45, 2.75) is 56.3 Å². The monoisotopic (exact) mass is 280 g/mol. The molecule has 0 spiro atoms. The average molecular weight is 280 g/mol. The van der Waals surface area contributed by atoms with Gasteiger partial charge >= 0.3 is 6.18 Å². The van der Waals surface area contributed by atoms with Crippen LogP contribution in [0.1, 0.15) is 38.5 Å². The summed E-state index contributed by atoms with van der Waals surface area (Å²) in [5.41, 5.74) is -0.520. The number of halogens is 3. The molecule has 2 aliphatic rings. The summed E-state index contributed by atoms with van der Waals surface area (Å²) in [6.45, 7) is 2.17. The van der Waals surface area contributed by atoms with E-state index in [-0.39, 0.29) is 6.54 Å². The van der Waals surface area contributed by atoms with Crippen LogP contribution >= 0.6 is 0 Å². The molecule has 1 aliphatic carbocycles. The Bertz CT molecular complexity index is 284. The Morgan fingerprint density at radius 1 is 1.21 bits per heavy atom. The Balaban J connectivity index is 1.59. The number of aliphatic hydroxyl groups is 1. The number of nitrogens with zero attached hydrogens (tertiary/aromatic N) is 1. The maximum absolute atomic E-state index is 12.1. The molecule has 0 radical (unpaired) electrons. The van der Waals surface area contributed by atoms with E-state index in [0.717, 1.165) is 32.1 Å². The third kappa shape index (κ3) is 4.93. The van der Waals surface area contributed by atoms with Gasteiger partial charge in [-0.2, -0.15) is 13.2 Å². The Morgan fingerprint density at radius 2 is 1.84 bits per heavy atom. The van der Waals surface area contributed by atoms with E-state index in [4.69, 9.17) is 0 Å². The SMILES string of the molecule is OC1(CNC2CCN(CCC(F)(F)F)CC2)CCC1. The maximum Gasteiger partial charge on any atom is 0.390 e. The molecule has 0 aromatic carbocycles. The lowest BCUT2D eigenvalue weighted by Gasteiger charge is -2.39. The number of hydrogen-bond acceptors (Lipinski definition) is 3. The first-order valence-corrected chi connectivity index (χ1v) is 7.11. The molecule has 1 saturated carbocycles. The van der Waals surface area contributed by atoms with Crippen LogP contribution in [0, 0.1) is 0 Å². The minimum Gasteiger partial charge on any atom is -0.389 e. The fourth-order valence-corrected chi connectivity index (χ4v) is 2.74. The quantitative estimate of drug-likeness (QED) is 0.807. The van der Waals surface area contributed by atoms with Crippen LogP contribution in [0.15, 0.2) is 0 Å².